The Hall–Kier alpha value is -1.78. The Kier molecular flexibility index (Phi) is 3.74. The van der Waals surface area contributed by atoms with Gasteiger partial charge >= 0.3 is 0 Å². The number of halogens is 2. The number of hydrogen-bond acceptors (Lipinski definition) is 3. The van der Waals surface area contributed by atoms with Gasteiger partial charge in [0.05, 0.1) is 24.1 Å². The topological polar surface area (TPSA) is 18.5 Å². The van der Waals surface area contributed by atoms with E-state index in [9.17, 15) is 4.39 Å². The lowest BCUT2D eigenvalue weighted by atomic mass is 10.1. The predicted octanol–water partition coefficient (Wildman–Crippen LogP) is 5.38. The Labute approximate surface area is 130 Å². The molecule has 0 spiro atoms. The second-order valence-electron chi connectivity index (χ2n) is 4.46. The third-order valence-corrected chi connectivity index (χ3v) is 4.96. The molecule has 0 fully saturated rings. The lowest BCUT2D eigenvalue weighted by Gasteiger charge is -2.04. The van der Waals surface area contributed by atoms with Crippen molar-refractivity contribution in [2.75, 3.05) is 14.2 Å². The minimum absolute atomic E-state index is 0.207. The number of thiophene rings is 1. The van der Waals surface area contributed by atoms with Gasteiger partial charge in [0, 0.05) is 10.1 Å². The summed E-state index contributed by atoms with van der Waals surface area (Å²) in [5.41, 5.74) is 0.832. The molecule has 3 rings (SSSR count). The van der Waals surface area contributed by atoms with Crippen LogP contribution in [0.1, 0.15) is 0 Å². The van der Waals surface area contributed by atoms with Crippen LogP contribution in [-0.4, -0.2) is 14.2 Å². The highest BCUT2D eigenvalue weighted by molar-refractivity contribution is 7.23. The van der Waals surface area contributed by atoms with Gasteiger partial charge < -0.3 is 9.47 Å². The lowest BCUT2D eigenvalue weighted by molar-refractivity contribution is 0.387. The minimum Gasteiger partial charge on any atom is -0.497 e. The van der Waals surface area contributed by atoms with Crippen molar-refractivity contribution >= 4 is 33.0 Å². The molecule has 0 saturated heterocycles. The molecule has 0 aliphatic carbocycles. The van der Waals surface area contributed by atoms with Gasteiger partial charge in [-0.2, -0.15) is 0 Å². The van der Waals surface area contributed by atoms with Crippen molar-refractivity contribution in [1.29, 1.82) is 0 Å². The molecular formula is C16H12ClFO2S. The van der Waals surface area contributed by atoms with E-state index < -0.39 is 0 Å². The van der Waals surface area contributed by atoms with E-state index in [2.05, 4.69) is 0 Å². The fourth-order valence-corrected chi connectivity index (χ4v) is 3.72. The normalized spacial score (nSPS) is 10.9. The Bertz CT molecular complexity index is 813. The monoisotopic (exact) mass is 322 g/mol. The average Bonchev–Trinajstić information content (AvgIpc) is 2.84. The number of benzene rings is 2. The molecule has 3 aromatic rings. The van der Waals surface area contributed by atoms with Gasteiger partial charge in [-0.05, 0) is 35.9 Å². The Morgan fingerprint density at radius 3 is 2.57 bits per heavy atom. The summed E-state index contributed by atoms with van der Waals surface area (Å²) in [6.07, 6.45) is 0. The van der Waals surface area contributed by atoms with E-state index in [0.29, 0.717) is 5.02 Å². The van der Waals surface area contributed by atoms with Crippen molar-refractivity contribution in [2.45, 2.75) is 0 Å². The van der Waals surface area contributed by atoms with Gasteiger partial charge in [-0.3, -0.25) is 0 Å². The van der Waals surface area contributed by atoms with Crippen LogP contribution >= 0.6 is 22.9 Å². The van der Waals surface area contributed by atoms with Gasteiger partial charge in [0.15, 0.2) is 11.6 Å². The number of ether oxygens (including phenoxy) is 2. The quantitative estimate of drug-likeness (QED) is 0.644. The van der Waals surface area contributed by atoms with Crippen molar-refractivity contribution in [1.82, 2.24) is 0 Å². The number of hydrogen-bond donors (Lipinski definition) is 0. The molecule has 0 amide bonds. The summed E-state index contributed by atoms with van der Waals surface area (Å²) >= 11 is 8.00. The molecule has 1 heterocycles. The second-order valence-corrected chi connectivity index (χ2v) is 5.89. The Balaban J connectivity index is 2.18. The molecule has 5 heteroatoms. The SMILES string of the molecule is COc1ccc2c(Cl)c(-c3ccc(F)c(OC)c3)sc2c1. The highest BCUT2D eigenvalue weighted by atomic mass is 35.5. The average molecular weight is 323 g/mol. The maximum absolute atomic E-state index is 13.5. The zero-order chi connectivity index (χ0) is 15.0. The highest BCUT2D eigenvalue weighted by Crippen LogP contribution is 2.43. The molecule has 21 heavy (non-hydrogen) atoms. The van der Waals surface area contributed by atoms with E-state index in [4.69, 9.17) is 21.1 Å². The van der Waals surface area contributed by atoms with Crippen LogP contribution < -0.4 is 9.47 Å². The summed E-state index contributed by atoms with van der Waals surface area (Å²) in [7, 11) is 3.07. The van der Waals surface area contributed by atoms with Crippen LogP contribution in [-0.2, 0) is 0 Å². The van der Waals surface area contributed by atoms with E-state index in [1.165, 1.54) is 13.2 Å². The standard InChI is InChI=1S/C16H12ClFO2S/c1-19-10-4-5-11-14(8-10)21-16(15(11)17)9-3-6-12(18)13(7-9)20-2/h3-8H,1-2H3. The van der Waals surface area contributed by atoms with E-state index in [1.807, 2.05) is 18.2 Å². The maximum atomic E-state index is 13.5. The van der Waals surface area contributed by atoms with E-state index >= 15 is 0 Å². The Morgan fingerprint density at radius 2 is 1.86 bits per heavy atom. The first kappa shape index (κ1) is 14.2. The van der Waals surface area contributed by atoms with E-state index in [0.717, 1.165) is 26.3 Å². The molecule has 108 valence electrons. The third-order valence-electron chi connectivity index (χ3n) is 3.25. The first-order chi connectivity index (χ1) is 10.1. The van der Waals surface area contributed by atoms with Crippen molar-refractivity contribution in [3.05, 3.63) is 47.2 Å². The molecule has 0 radical (unpaired) electrons. The van der Waals surface area contributed by atoms with E-state index in [1.54, 1.807) is 30.6 Å². The minimum atomic E-state index is -0.389. The van der Waals surface area contributed by atoms with Crippen LogP contribution in [0.15, 0.2) is 36.4 Å². The van der Waals surface area contributed by atoms with Crippen molar-refractivity contribution in [3.8, 4) is 21.9 Å². The molecule has 2 aromatic carbocycles. The van der Waals surface area contributed by atoms with Gasteiger partial charge in [-0.25, -0.2) is 4.39 Å². The van der Waals surface area contributed by atoms with Crippen LogP contribution in [0.3, 0.4) is 0 Å². The van der Waals surface area contributed by atoms with Gasteiger partial charge in [0.25, 0.3) is 0 Å². The number of rotatable bonds is 3. The zero-order valence-corrected chi connectivity index (χ0v) is 13.0. The maximum Gasteiger partial charge on any atom is 0.165 e. The molecule has 0 saturated carbocycles. The molecule has 0 unspecified atom stereocenters. The van der Waals surface area contributed by atoms with Crippen molar-refractivity contribution in [2.24, 2.45) is 0 Å². The van der Waals surface area contributed by atoms with Gasteiger partial charge in [-0.15, -0.1) is 11.3 Å². The van der Waals surface area contributed by atoms with Gasteiger partial charge in [0.2, 0.25) is 0 Å². The molecule has 0 N–H and O–H groups in total. The zero-order valence-electron chi connectivity index (χ0n) is 11.4. The second kappa shape index (κ2) is 5.54. The molecule has 0 aliphatic heterocycles. The van der Waals surface area contributed by atoms with Crippen LogP contribution in [0, 0.1) is 5.82 Å². The summed E-state index contributed by atoms with van der Waals surface area (Å²) in [5.74, 6) is 0.599. The smallest absolute Gasteiger partial charge is 0.165 e. The predicted molar refractivity (Wildman–Crippen MR) is 85.3 cm³/mol. The van der Waals surface area contributed by atoms with Crippen LogP contribution in [0.5, 0.6) is 11.5 Å². The van der Waals surface area contributed by atoms with Crippen LogP contribution in [0.4, 0.5) is 4.39 Å². The molecular weight excluding hydrogens is 311 g/mol. The van der Waals surface area contributed by atoms with E-state index in [-0.39, 0.29) is 11.6 Å². The molecule has 0 aliphatic rings. The molecule has 2 nitrogen and oxygen atoms in total. The van der Waals surface area contributed by atoms with Crippen molar-refractivity contribution < 1.29 is 13.9 Å². The van der Waals surface area contributed by atoms with Crippen LogP contribution in [0.25, 0.3) is 20.5 Å². The molecule has 0 bridgehead atoms. The third kappa shape index (κ3) is 2.45. The first-order valence-electron chi connectivity index (χ1n) is 6.24. The first-order valence-corrected chi connectivity index (χ1v) is 7.43. The summed E-state index contributed by atoms with van der Waals surface area (Å²) in [6.45, 7) is 0. The number of methoxy groups -OCH3 is 2. The summed E-state index contributed by atoms with van der Waals surface area (Å²) < 4.78 is 24.8. The molecule has 0 atom stereocenters. The van der Waals surface area contributed by atoms with Crippen molar-refractivity contribution in [3.63, 3.8) is 0 Å². The summed E-state index contributed by atoms with van der Waals surface area (Å²) in [4.78, 5) is 0.887. The summed E-state index contributed by atoms with van der Waals surface area (Å²) in [6, 6.07) is 10.5. The number of fused-ring (bicyclic) bond motifs is 1. The fourth-order valence-electron chi connectivity index (χ4n) is 2.16. The van der Waals surface area contributed by atoms with Crippen LogP contribution in [0.2, 0.25) is 5.02 Å². The fraction of sp³-hybridized carbons (Fsp3) is 0.125. The Morgan fingerprint density at radius 1 is 1.05 bits per heavy atom. The lowest BCUT2D eigenvalue weighted by Crippen LogP contribution is -1.88. The molecule has 1 aromatic heterocycles. The van der Waals surface area contributed by atoms with Gasteiger partial charge in [-0.1, -0.05) is 17.7 Å². The summed E-state index contributed by atoms with van der Waals surface area (Å²) in [5, 5.41) is 1.62. The highest BCUT2D eigenvalue weighted by Gasteiger charge is 2.14. The van der Waals surface area contributed by atoms with Gasteiger partial charge in [0.1, 0.15) is 5.75 Å². The largest absolute Gasteiger partial charge is 0.497 e.